The maximum Gasteiger partial charge on any atom is 0.372 e. The molecule has 0 aliphatic rings. The zero-order valence-corrected chi connectivity index (χ0v) is 15.7. The first-order valence-corrected chi connectivity index (χ1v) is 9.61. The van der Waals surface area contributed by atoms with Crippen molar-refractivity contribution in [2.45, 2.75) is 6.61 Å². The van der Waals surface area contributed by atoms with Gasteiger partial charge in [-0.05, 0) is 65.5 Å². The lowest BCUT2D eigenvalue weighted by molar-refractivity contribution is 0.226. The van der Waals surface area contributed by atoms with Gasteiger partial charge in [-0.25, -0.2) is 9.59 Å². The van der Waals surface area contributed by atoms with Crippen molar-refractivity contribution in [1.82, 2.24) is 0 Å². The van der Waals surface area contributed by atoms with Crippen LogP contribution in [-0.2, 0) is 6.61 Å². The molecule has 8 heteroatoms. The van der Waals surface area contributed by atoms with E-state index in [-0.39, 0.29) is 6.61 Å². The van der Waals surface area contributed by atoms with Crippen LogP contribution in [0.5, 0.6) is 17.2 Å². The van der Waals surface area contributed by atoms with E-state index in [1.165, 1.54) is 0 Å². The van der Waals surface area contributed by atoms with Gasteiger partial charge in [0.15, 0.2) is 0 Å². The average Bonchev–Trinajstić information content (AvgIpc) is 2.66. The lowest BCUT2D eigenvalue weighted by Gasteiger charge is -2.05. The molecule has 0 bridgehead atoms. The van der Waals surface area contributed by atoms with Gasteiger partial charge in [-0.3, -0.25) is 0 Å². The van der Waals surface area contributed by atoms with Crippen LogP contribution in [0.25, 0.3) is 0 Å². The van der Waals surface area contributed by atoms with Gasteiger partial charge in [0, 0.05) is 11.5 Å². The van der Waals surface area contributed by atoms with Crippen molar-refractivity contribution in [3.05, 3.63) is 54.1 Å². The highest BCUT2D eigenvalue weighted by Crippen LogP contribution is 2.20. The molecule has 2 rings (SSSR count). The minimum atomic E-state index is -0.453. The molecule has 0 radical (unpaired) electrons. The first-order valence-electron chi connectivity index (χ1n) is 7.64. The minimum absolute atomic E-state index is 0.0627. The molecule has 0 aromatic heterocycles. The lowest BCUT2D eigenvalue weighted by atomic mass is 10.2. The maximum absolute atomic E-state index is 11.7. The predicted octanol–water partition coefficient (Wildman–Crippen LogP) is 4.35. The summed E-state index contributed by atoms with van der Waals surface area (Å²) in [5.41, 5.74) is 0.740. The fourth-order valence-electron chi connectivity index (χ4n) is 1.81. The van der Waals surface area contributed by atoms with Crippen LogP contribution in [0.4, 0.5) is 9.59 Å². The quantitative estimate of drug-likeness (QED) is 0.548. The number of carbonyl (C=O) groups excluding carboxylic acids is 2. The van der Waals surface area contributed by atoms with Gasteiger partial charge in [0.05, 0.1) is 13.7 Å². The molecule has 1 N–H and O–H groups in total. The maximum atomic E-state index is 11.7. The van der Waals surface area contributed by atoms with E-state index in [0.717, 1.165) is 29.1 Å². The largest absolute Gasteiger partial charge is 0.497 e. The van der Waals surface area contributed by atoms with Crippen molar-refractivity contribution >= 4 is 34.1 Å². The molecule has 0 atom stereocenters. The molecule has 0 aliphatic heterocycles. The smallest absolute Gasteiger partial charge is 0.372 e. The van der Waals surface area contributed by atoms with E-state index >= 15 is 0 Å². The summed E-state index contributed by atoms with van der Waals surface area (Å²) >= 11 is 1.96. The Kier molecular flexibility index (Phi) is 8.33. The van der Waals surface area contributed by atoms with Crippen molar-refractivity contribution in [2.24, 2.45) is 0 Å². The fourth-order valence-corrected chi connectivity index (χ4v) is 3.12. The van der Waals surface area contributed by atoms with Crippen molar-refractivity contribution in [1.29, 1.82) is 0 Å². The first kappa shape index (κ1) is 20.2. The number of aliphatic hydroxyl groups is 1. The van der Waals surface area contributed by atoms with Gasteiger partial charge in [0.25, 0.3) is 0 Å². The van der Waals surface area contributed by atoms with Crippen LogP contribution in [0.3, 0.4) is 0 Å². The van der Waals surface area contributed by atoms with Crippen molar-refractivity contribution in [3.63, 3.8) is 0 Å². The Balaban J connectivity index is 1.63. The molecular weight excluding hydrogens is 376 g/mol. The summed E-state index contributed by atoms with van der Waals surface area (Å²) in [6, 6.07) is 13.3. The minimum Gasteiger partial charge on any atom is -0.497 e. The average molecular weight is 394 g/mol. The van der Waals surface area contributed by atoms with Gasteiger partial charge < -0.3 is 19.3 Å². The standard InChI is InChI=1S/C18H18O6S2/c1-22-14-6-8-16(9-7-14)24-18(21)26-11-10-25-17(20)23-15-4-2-13(12-19)3-5-15/h2-9,19H,10-12H2,1H3. The van der Waals surface area contributed by atoms with Gasteiger partial charge in [-0.15, -0.1) is 0 Å². The Hall–Kier alpha value is -2.16. The number of carbonyl (C=O) groups is 2. The van der Waals surface area contributed by atoms with E-state index in [1.807, 2.05) is 0 Å². The zero-order valence-electron chi connectivity index (χ0n) is 14.0. The molecule has 138 valence electrons. The van der Waals surface area contributed by atoms with Gasteiger partial charge in [0.2, 0.25) is 0 Å². The molecule has 0 saturated heterocycles. The number of methoxy groups -OCH3 is 1. The molecule has 0 fully saturated rings. The molecule has 0 saturated carbocycles. The van der Waals surface area contributed by atoms with Crippen LogP contribution in [0.1, 0.15) is 5.56 Å². The summed E-state index contributed by atoms with van der Waals surface area (Å²) in [7, 11) is 1.56. The third-order valence-electron chi connectivity index (χ3n) is 3.09. The highest BCUT2D eigenvalue weighted by Gasteiger charge is 2.09. The Labute approximate surface area is 159 Å². The highest BCUT2D eigenvalue weighted by atomic mass is 32.2. The second-order valence-electron chi connectivity index (χ2n) is 4.88. The second-order valence-corrected chi connectivity index (χ2v) is 6.94. The number of hydrogen-bond acceptors (Lipinski definition) is 8. The normalized spacial score (nSPS) is 10.2. The van der Waals surface area contributed by atoms with Gasteiger partial charge in [-0.2, -0.15) is 0 Å². The van der Waals surface area contributed by atoms with Crippen LogP contribution >= 0.6 is 23.5 Å². The summed E-state index contributed by atoms with van der Waals surface area (Å²) in [6.07, 6.45) is 0. The SMILES string of the molecule is COc1ccc(OC(=O)SCCSC(=O)Oc2ccc(CO)cc2)cc1. The molecule has 2 aromatic rings. The molecule has 2 aromatic carbocycles. The van der Waals surface area contributed by atoms with Crippen LogP contribution in [-0.4, -0.2) is 34.3 Å². The van der Waals surface area contributed by atoms with Crippen LogP contribution in [0.2, 0.25) is 0 Å². The Bertz CT molecular complexity index is 652. The number of aliphatic hydroxyl groups excluding tert-OH is 1. The first-order chi connectivity index (χ1) is 12.6. The molecule has 26 heavy (non-hydrogen) atoms. The van der Waals surface area contributed by atoms with E-state index < -0.39 is 10.6 Å². The third kappa shape index (κ3) is 6.99. The van der Waals surface area contributed by atoms with Gasteiger partial charge in [-0.1, -0.05) is 12.1 Å². The molecule has 0 unspecified atom stereocenters. The Morgan fingerprint density at radius 3 is 1.65 bits per heavy atom. The number of ether oxygens (including phenoxy) is 3. The summed E-state index contributed by atoms with van der Waals surface area (Å²) in [6.45, 7) is -0.0627. The van der Waals surface area contributed by atoms with Crippen LogP contribution < -0.4 is 14.2 Å². The van der Waals surface area contributed by atoms with Crippen molar-refractivity contribution in [2.75, 3.05) is 18.6 Å². The molecule has 0 spiro atoms. The van der Waals surface area contributed by atoms with E-state index in [9.17, 15) is 9.59 Å². The van der Waals surface area contributed by atoms with Crippen LogP contribution in [0, 0.1) is 0 Å². The predicted molar refractivity (Wildman–Crippen MR) is 102 cm³/mol. The summed E-state index contributed by atoms with van der Waals surface area (Å²) < 4.78 is 15.3. The Morgan fingerprint density at radius 2 is 1.23 bits per heavy atom. The van der Waals surface area contributed by atoms with Crippen LogP contribution in [0.15, 0.2) is 48.5 Å². The third-order valence-corrected chi connectivity index (χ3v) is 4.80. The van der Waals surface area contributed by atoms with E-state index in [1.54, 1.807) is 55.6 Å². The van der Waals surface area contributed by atoms with E-state index in [4.69, 9.17) is 19.3 Å². The number of benzene rings is 2. The molecular formula is C18H18O6S2. The summed E-state index contributed by atoms with van der Waals surface area (Å²) in [4.78, 5) is 23.4. The molecule has 0 amide bonds. The summed E-state index contributed by atoms with van der Waals surface area (Å²) in [5, 5.41) is 8.06. The van der Waals surface area contributed by atoms with E-state index in [0.29, 0.717) is 28.8 Å². The van der Waals surface area contributed by atoms with Gasteiger partial charge >= 0.3 is 10.6 Å². The van der Waals surface area contributed by atoms with Crippen molar-refractivity contribution in [3.8, 4) is 17.2 Å². The second kappa shape index (κ2) is 10.7. The monoisotopic (exact) mass is 394 g/mol. The van der Waals surface area contributed by atoms with Crippen molar-refractivity contribution < 1.29 is 28.9 Å². The van der Waals surface area contributed by atoms with E-state index in [2.05, 4.69) is 0 Å². The summed E-state index contributed by atoms with van der Waals surface area (Å²) in [5.74, 6) is 2.35. The zero-order chi connectivity index (χ0) is 18.8. The molecule has 0 heterocycles. The van der Waals surface area contributed by atoms with Gasteiger partial charge in [0.1, 0.15) is 17.2 Å². The molecule has 6 nitrogen and oxygen atoms in total. The number of thioether (sulfide) groups is 2. The number of hydrogen-bond donors (Lipinski definition) is 1. The Morgan fingerprint density at radius 1 is 0.808 bits per heavy atom. The molecule has 0 aliphatic carbocycles. The number of rotatable bonds is 7. The highest BCUT2D eigenvalue weighted by molar-refractivity contribution is 8.16. The topological polar surface area (TPSA) is 82.1 Å². The fraction of sp³-hybridized carbons (Fsp3) is 0.222. The lowest BCUT2D eigenvalue weighted by Crippen LogP contribution is -2.05.